The molecule has 1 fully saturated rings. The van der Waals surface area contributed by atoms with E-state index in [-0.39, 0.29) is 12.1 Å². The quantitative estimate of drug-likeness (QED) is 0.815. The number of amides is 2. The van der Waals surface area contributed by atoms with E-state index in [2.05, 4.69) is 12.2 Å². The van der Waals surface area contributed by atoms with Gasteiger partial charge in [0.05, 0.1) is 10.7 Å². The zero-order chi connectivity index (χ0) is 13.1. The Hall–Kier alpha value is -0.930. The lowest BCUT2D eigenvalue weighted by molar-refractivity contribution is 0.170. The molecule has 2 amide bonds. The van der Waals surface area contributed by atoms with Crippen LogP contribution in [0.3, 0.4) is 0 Å². The zero-order valence-electron chi connectivity index (χ0n) is 10.2. The van der Waals surface area contributed by atoms with E-state index < -0.39 is 0 Å². The Bertz CT molecular complexity index is 451. The number of halogens is 2. The molecule has 1 saturated heterocycles. The monoisotopic (exact) mass is 286 g/mol. The van der Waals surface area contributed by atoms with Gasteiger partial charge >= 0.3 is 6.03 Å². The summed E-state index contributed by atoms with van der Waals surface area (Å²) in [5.41, 5.74) is 0.601. The number of nitrogens with one attached hydrogen (secondary N) is 1. The molecular weight excluding hydrogens is 271 g/mol. The molecule has 18 heavy (non-hydrogen) atoms. The van der Waals surface area contributed by atoms with Gasteiger partial charge in [-0.3, -0.25) is 0 Å². The van der Waals surface area contributed by atoms with E-state index in [1.54, 1.807) is 18.2 Å². The van der Waals surface area contributed by atoms with Crippen LogP contribution in [0.15, 0.2) is 18.2 Å². The molecule has 3 nitrogen and oxygen atoms in total. The fourth-order valence-corrected chi connectivity index (χ4v) is 2.63. The van der Waals surface area contributed by atoms with Crippen LogP contribution < -0.4 is 5.32 Å². The summed E-state index contributed by atoms with van der Waals surface area (Å²) < 4.78 is 0. The molecule has 1 aliphatic rings. The van der Waals surface area contributed by atoms with Gasteiger partial charge in [-0.05, 0) is 44.4 Å². The first-order valence-electron chi connectivity index (χ1n) is 6.10. The van der Waals surface area contributed by atoms with Gasteiger partial charge in [0.25, 0.3) is 0 Å². The predicted octanol–water partition coefficient (Wildman–Crippen LogP) is 4.40. The van der Waals surface area contributed by atoms with Gasteiger partial charge in [0.15, 0.2) is 0 Å². The number of urea groups is 1. The summed E-state index contributed by atoms with van der Waals surface area (Å²) in [6.07, 6.45) is 3.31. The maximum Gasteiger partial charge on any atom is 0.322 e. The van der Waals surface area contributed by atoms with E-state index in [9.17, 15) is 4.79 Å². The number of anilines is 1. The Kier molecular flexibility index (Phi) is 4.36. The summed E-state index contributed by atoms with van der Waals surface area (Å²) >= 11 is 11.8. The Labute approximate surface area is 117 Å². The van der Waals surface area contributed by atoms with Gasteiger partial charge in [-0.1, -0.05) is 23.2 Å². The van der Waals surface area contributed by atoms with Gasteiger partial charge in [0.1, 0.15) is 0 Å². The third-order valence-corrected chi connectivity index (χ3v) is 3.78. The van der Waals surface area contributed by atoms with Gasteiger partial charge in [-0.2, -0.15) is 0 Å². The number of piperidine rings is 1. The van der Waals surface area contributed by atoms with Crippen LogP contribution in [0.25, 0.3) is 0 Å². The smallest absolute Gasteiger partial charge is 0.322 e. The summed E-state index contributed by atoms with van der Waals surface area (Å²) in [6.45, 7) is 2.88. The number of carbonyl (C=O) groups excluding carboxylic acids is 1. The molecule has 0 aromatic heterocycles. The molecule has 1 aromatic carbocycles. The second-order valence-electron chi connectivity index (χ2n) is 4.59. The van der Waals surface area contributed by atoms with E-state index in [0.29, 0.717) is 15.7 Å². The van der Waals surface area contributed by atoms with E-state index in [0.717, 1.165) is 19.4 Å². The number of hydrogen-bond donors (Lipinski definition) is 1. The van der Waals surface area contributed by atoms with Crippen LogP contribution in [0, 0.1) is 0 Å². The van der Waals surface area contributed by atoms with E-state index >= 15 is 0 Å². The van der Waals surface area contributed by atoms with E-state index in [1.165, 1.54) is 6.42 Å². The van der Waals surface area contributed by atoms with Crippen molar-refractivity contribution < 1.29 is 4.79 Å². The van der Waals surface area contributed by atoms with Crippen molar-refractivity contribution in [1.82, 2.24) is 4.90 Å². The van der Waals surface area contributed by atoms with Crippen molar-refractivity contribution in [2.45, 2.75) is 32.2 Å². The van der Waals surface area contributed by atoms with Gasteiger partial charge < -0.3 is 10.2 Å². The van der Waals surface area contributed by atoms with Crippen molar-refractivity contribution in [2.75, 3.05) is 11.9 Å². The maximum absolute atomic E-state index is 12.1. The van der Waals surface area contributed by atoms with E-state index in [1.807, 2.05) is 4.90 Å². The highest BCUT2D eigenvalue weighted by Gasteiger charge is 2.23. The molecule has 0 aliphatic carbocycles. The molecule has 1 heterocycles. The molecule has 5 heteroatoms. The Morgan fingerprint density at radius 3 is 2.83 bits per heavy atom. The van der Waals surface area contributed by atoms with Crippen LogP contribution >= 0.6 is 23.2 Å². The maximum atomic E-state index is 12.1. The lowest BCUT2D eigenvalue weighted by Crippen LogP contribution is -2.44. The highest BCUT2D eigenvalue weighted by molar-refractivity contribution is 6.36. The minimum Gasteiger partial charge on any atom is -0.322 e. The van der Waals surface area contributed by atoms with Gasteiger partial charge in [-0.25, -0.2) is 4.79 Å². The number of carbonyl (C=O) groups is 1. The van der Waals surface area contributed by atoms with Crippen LogP contribution in [0.5, 0.6) is 0 Å². The molecule has 98 valence electrons. The molecule has 2 rings (SSSR count). The summed E-state index contributed by atoms with van der Waals surface area (Å²) in [6, 6.07) is 5.24. The van der Waals surface area contributed by atoms with Gasteiger partial charge in [0, 0.05) is 17.6 Å². The first-order valence-corrected chi connectivity index (χ1v) is 6.86. The fraction of sp³-hybridized carbons (Fsp3) is 0.462. The third kappa shape index (κ3) is 3.09. The lowest BCUT2D eigenvalue weighted by Gasteiger charge is -2.33. The fourth-order valence-electron chi connectivity index (χ4n) is 2.18. The Balaban J connectivity index is 2.06. The number of likely N-dealkylation sites (tertiary alicyclic amines) is 1. The summed E-state index contributed by atoms with van der Waals surface area (Å²) in [5.74, 6) is 0. The molecule has 0 spiro atoms. The minimum absolute atomic E-state index is 0.0913. The highest BCUT2D eigenvalue weighted by Crippen LogP contribution is 2.26. The second kappa shape index (κ2) is 5.81. The minimum atomic E-state index is -0.0913. The largest absolute Gasteiger partial charge is 0.322 e. The SMILES string of the molecule is C[C@@H]1CCCCN1C(=O)Nc1ccc(Cl)cc1Cl. The molecule has 0 unspecified atom stereocenters. The number of rotatable bonds is 1. The molecule has 0 radical (unpaired) electrons. The third-order valence-electron chi connectivity index (χ3n) is 3.24. The van der Waals surface area contributed by atoms with Crippen molar-refractivity contribution in [2.24, 2.45) is 0 Å². The molecule has 0 saturated carbocycles. The highest BCUT2D eigenvalue weighted by atomic mass is 35.5. The van der Waals surface area contributed by atoms with Crippen molar-refractivity contribution in [3.63, 3.8) is 0 Å². The number of hydrogen-bond acceptors (Lipinski definition) is 1. The van der Waals surface area contributed by atoms with Crippen molar-refractivity contribution in [3.05, 3.63) is 28.2 Å². The van der Waals surface area contributed by atoms with Crippen LogP contribution in [0.4, 0.5) is 10.5 Å². The summed E-state index contributed by atoms with van der Waals surface area (Å²) in [5, 5.41) is 3.85. The summed E-state index contributed by atoms with van der Waals surface area (Å²) in [4.78, 5) is 14.0. The lowest BCUT2D eigenvalue weighted by atomic mass is 10.0. The molecule has 1 atom stereocenters. The van der Waals surface area contributed by atoms with Crippen LogP contribution in [-0.2, 0) is 0 Å². The van der Waals surface area contributed by atoms with E-state index in [4.69, 9.17) is 23.2 Å². The zero-order valence-corrected chi connectivity index (χ0v) is 11.8. The topological polar surface area (TPSA) is 32.3 Å². The second-order valence-corrected chi connectivity index (χ2v) is 5.44. The van der Waals surface area contributed by atoms with Crippen molar-refractivity contribution >= 4 is 34.9 Å². The average molecular weight is 287 g/mol. The van der Waals surface area contributed by atoms with Crippen LogP contribution in [0.2, 0.25) is 10.0 Å². The molecule has 1 aliphatic heterocycles. The van der Waals surface area contributed by atoms with Gasteiger partial charge in [-0.15, -0.1) is 0 Å². The first-order chi connectivity index (χ1) is 8.58. The first kappa shape index (κ1) is 13.5. The van der Waals surface area contributed by atoms with Gasteiger partial charge in [0.2, 0.25) is 0 Å². The van der Waals surface area contributed by atoms with Crippen LogP contribution in [-0.4, -0.2) is 23.5 Å². The predicted molar refractivity (Wildman–Crippen MR) is 75.5 cm³/mol. The molecular formula is C13H16Cl2N2O. The van der Waals surface area contributed by atoms with Crippen molar-refractivity contribution in [3.8, 4) is 0 Å². The molecule has 0 bridgehead atoms. The summed E-state index contributed by atoms with van der Waals surface area (Å²) in [7, 11) is 0. The van der Waals surface area contributed by atoms with Crippen molar-refractivity contribution in [1.29, 1.82) is 0 Å². The molecule has 1 aromatic rings. The Morgan fingerprint density at radius 1 is 1.39 bits per heavy atom. The molecule has 1 N–H and O–H groups in total. The number of nitrogens with zero attached hydrogens (tertiary/aromatic N) is 1. The standard InChI is InChI=1S/C13H16Cl2N2O/c1-9-4-2-3-7-17(9)13(18)16-12-6-5-10(14)8-11(12)15/h5-6,8-9H,2-4,7H2,1H3,(H,16,18)/t9-/m1/s1. The average Bonchev–Trinajstić information content (AvgIpc) is 2.33. The van der Waals surface area contributed by atoms with Crippen LogP contribution in [0.1, 0.15) is 26.2 Å². The normalized spacial score (nSPS) is 19.7. The number of benzene rings is 1. The Morgan fingerprint density at radius 2 is 2.17 bits per heavy atom.